The summed E-state index contributed by atoms with van der Waals surface area (Å²) in [5, 5.41) is 12.8. The third-order valence-electron chi connectivity index (χ3n) is 1.74. The van der Waals surface area contributed by atoms with Gasteiger partial charge in [0.1, 0.15) is 10.7 Å². The molecule has 0 spiro atoms. The quantitative estimate of drug-likeness (QED) is 0.473. The Balaban J connectivity index is 1.98. The van der Waals surface area contributed by atoms with E-state index in [1.807, 2.05) is 5.38 Å². The molecule has 2 heterocycles. The summed E-state index contributed by atoms with van der Waals surface area (Å²) in [6.45, 7) is 0. The molecule has 0 radical (unpaired) electrons. The summed E-state index contributed by atoms with van der Waals surface area (Å²) in [5.74, 6) is 0.129. The number of nitrogens with zero attached hydrogens (tertiary/aromatic N) is 3. The van der Waals surface area contributed by atoms with Crippen LogP contribution in [0, 0.1) is 10.1 Å². The molecule has 0 saturated carbocycles. The highest BCUT2D eigenvalue weighted by Gasteiger charge is 2.09. The molecule has 2 aromatic heterocycles. The number of rotatable bonds is 4. The molecule has 0 N–H and O–H groups in total. The summed E-state index contributed by atoms with van der Waals surface area (Å²) in [4.78, 5) is 17.8. The van der Waals surface area contributed by atoms with Crippen molar-refractivity contribution in [2.75, 3.05) is 0 Å². The lowest BCUT2D eigenvalue weighted by Gasteiger charge is -1.82. The second-order valence-electron chi connectivity index (χ2n) is 2.89. The second kappa shape index (κ2) is 5.17. The molecule has 0 aromatic carbocycles. The standard InChI is InChI=1S/C10H7N3O3S/c14-13(15)9-4-3-8(16-9)2-1-5-11-10-12-6-7-17-10/h1-7H. The van der Waals surface area contributed by atoms with Crippen molar-refractivity contribution >= 4 is 34.6 Å². The summed E-state index contributed by atoms with van der Waals surface area (Å²) < 4.78 is 4.92. The van der Waals surface area contributed by atoms with Gasteiger partial charge in [-0.3, -0.25) is 10.1 Å². The maximum atomic E-state index is 10.4. The van der Waals surface area contributed by atoms with Crippen LogP contribution in [0.2, 0.25) is 0 Å². The van der Waals surface area contributed by atoms with Crippen LogP contribution in [0.15, 0.2) is 39.2 Å². The average molecular weight is 249 g/mol. The summed E-state index contributed by atoms with van der Waals surface area (Å²) >= 11 is 1.42. The number of hydrogen-bond acceptors (Lipinski definition) is 6. The predicted molar refractivity (Wildman–Crippen MR) is 64.7 cm³/mol. The lowest BCUT2D eigenvalue weighted by molar-refractivity contribution is -0.402. The van der Waals surface area contributed by atoms with E-state index in [9.17, 15) is 10.1 Å². The summed E-state index contributed by atoms with van der Waals surface area (Å²) in [7, 11) is 0. The highest BCUT2D eigenvalue weighted by atomic mass is 32.1. The van der Waals surface area contributed by atoms with E-state index in [4.69, 9.17) is 4.42 Å². The number of allylic oxidation sites excluding steroid dienone is 1. The first kappa shape index (κ1) is 11.2. The van der Waals surface area contributed by atoms with Crippen molar-refractivity contribution in [3.8, 4) is 0 Å². The normalized spacial score (nSPS) is 11.5. The molecular formula is C10H7N3O3S. The smallest absolute Gasteiger partial charge is 0.401 e. The van der Waals surface area contributed by atoms with Crippen molar-refractivity contribution in [2.24, 2.45) is 4.99 Å². The van der Waals surface area contributed by atoms with Crippen LogP contribution >= 0.6 is 11.3 Å². The molecular weight excluding hydrogens is 242 g/mol. The van der Waals surface area contributed by atoms with Crippen molar-refractivity contribution in [1.29, 1.82) is 0 Å². The molecule has 7 heteroatoms. The number of furan rings is 1. The van der Waals surface area contributed by atoms with E-state index in [-0.39, 0.29) is 5.88 Å². The van der Waals surface area contributed by atoms with Crippen LogP contribution in [-0.4, -0.2) is 16.1 Å². The van der Waals surface area contributed by atoms with Gasteiger partial charge in [0.25, 0.3) is 0 Å². The molecule has 0 aliphatic carbocycles. The van der Waals surface area contributed by atoms with Crippen LogP contribution < -0.4 is 0 Å². The van der Waals surface area contributed by atoms with E-state index in [1.54, 1.807) is 24.6 Å². The Bertz CT molecular complexity index is 557. The van der Waals surface area contributed by atoms with E-state index in [2.05, 4.69) is 9.98 Å². The predicted octanol–water partition coefficient (Wildman–Crippen LogP) is 3.06. The Hall–Kier alpha value is -2.28. The maximum Gasteiger partial charge on any atom is 0.433 e. The number of aliphatic imine (C=N–C) groups is 1. The van der Waals surface area contributed by atoms with Crippen LogP contribution in [0.1, 0.15) is 5.76 Å². The van der Waals surface area contributed by atoms with E-state index >= 15 is 0 Å². The van der Waals surface area contributed by atoms with Crippen LogP contribution in [0.25, 0.3) is 6.08 Å². The Morgan fingerprint density at radius 3 is 3.06 bits per heavy atom. The fraction of sp³-hybridized carbons (Fsp3) is 0. The first-order valence-corrected chi connectivity index (χ1v) is 5.48. The molecule has 0 aliphatic heterocycles. The van der Waals surface area contributed by atoms with Crippen molar-refractivity contribution in [1.82, 2.24) is 4.98 Å². The van der Waals surface area contributed by atoms with Crippen LogP contribution in [0.5, 0.6) is 0 Å². The molecule has 0 bridgehead atoms. The molecule has 0 atom stereocenters. The van der Waals surface area contributed by atoms with E-state index < -0.39 is 4.92 Å². The molecule has 2 rings (SSSR count). The Morgan fingerprint density at radius 2 is 2.41 bits per heavy atom. The van der Waals surface area contributed by atoms with Gasteiger partial charge in [-0.15, -0.1) is 11.3 Å². The van der Waals surface area contributed by atoms with E-state index in [0.29, 0.717) is 10.9 Å². The van der Waals surface area contributed by atoms with Gasteiger partial charge < -0.3 is 4.42 Å². The molecule has 0 amide bonds. The van der Waals surface area contributed by atoms with Crippen molar-refractivity contribution in [3.05, 3.63) is 45.7 Å². The molecule has 86 valence electrons. The van der Waals surface area contributed by atoms with Gasteiger partial charge in [0.15, 0.2) is 0 Å². The van der Waals surface area contributed by atoms with Crippen molar-refractivity contribution < 1.29 is 9.34 Å². The Labute approximate surface area is 100 Å². The lowest BCUT2D eigenvalue weighted by atomic mass is 10.4. The van der Waals surface area contributed by atoms with E-state index in [0.717, 1.165) is 0 Å². The van der Waals surface area contributed by atoms with Gasteiger partial charge in [-0.2, -0.15) is 0 Å². The molecule has 0 unspecified atom stereocenters. The zero-order valence-electron chi connectivity index (χ0n) is 8.52. The van der Waals surface area contributed by atoms with Crippen LogP contribution in [0.3, 0.4) is 0 Å². The number of thiazole rings is 1. The third kappa shape index (κ3) is 3.08. The van der Waals surface area contributed by atoms with Gasteiger partial charge in [0, 0.05) is 17.8 Å². The van der Waals surface area contributed by atoms with Crippen LogP contribution in [0.4, 0.5) is 11.0 Å². The molecule has 2 aromatic rings. The second-order valence-corrected chi connectivity index (χ2v) is 3.76. The van der Waals surface area contributed by atoms with E-state index in [1.165, 1.54) is 23.5 Å². The Morgan fingerprint density at radius 1 is 1.53 bits per heavy atom. The molecule has 0 aliphatic rings. The maximum absolute atomic E-state index is 10.4. The van der Waals surface area contributed by atoms with Crippen molar-refractivity contribution in [2.45, 2.75) is 0 Å². The minimum Gasteiger partial charge on any atom is -0.401 e. The monoisotopic (exact) mass is 249 g/mol. The Kier molecular flexibility index (Phi) is 3.41. The lowest BCUT2D eigenvalue weighted by Crippen LogP contribution is -1.82. The third-order valence-corrected chi connectivity index (χ3v) is 2.42. The zero-order valence-corrected chi connectivity index (χ0v) is 9.33. The summed E-state index contributed by atoms with van der Waals surface area (Å²) in [5.41, 5.74) is 0. The van der Waals surface area contributed by atoms with Crippen LogP contribution in [-0.2, 0) is 0 Å². The number of aromatic nitrogens is 1. The minimum atomic E-state index is -0.582. The highest BCUT2D eigenvalue weighted by Crippen LogP contribution is 2.16. The first-order valence-electron chi connectivity index (χ1n) is 4.60. The molecule has 0 fully saturated rings. The number of nitro groups is 1. The SMILES string of the molecule is O=[N+]([O-])c1ccc(C=CC=Nc2nccs2)o1. The summed E-state index contributed by atoms with van der Waals surface area (Å²) in [6.07, 6.45) is 6.43. The van der Waals surface area contributed by atoms with Crippen molar-refractivity contribution in [3.63, 3.8) is 0 Å². The average Bonchev–Trinajstić information content (AvgIpc) is 2.96. The largest absolute Gasteiger partial charge is 0.433 e. The summed E-state index contributed by atoms with van der Waals surface area (Å²) in [6, 6.07) is 2.82. The first-order chi connectivity index (χ1) is 8.25. The topological polar surface area (TPSA) is 81.5 Å². The van der Waals surface area contributed by atoms with Gasteiger partial charge in [0.05, 0.1) is 6.07 Å². The fourth-order valence-corrected chi connectivity index (χ4v) is 1.54. The molecule has 17 heavy (non-hydrogen) atoms. The van der Waals surface area contributed by atoms with Gasteiger partial charge in [0.2, 0.25) is 5.13 Å². The minimum absolute atomic E-state index is 0.276. The highest BCUT2D eigenvalue weighted by molar-refractivity contribution is 7.13. The van der Waals surface area contributed by atoms with Gasteiger partial charge in [-0.1, -0.05) is 0 Å². The van der Waals surface area contributed by atoms with Gasteiger partial charge in [-0.05, 0) is 18.2 Å². The van der Waals surface area contributed by atoms with Gasteiger partial charge >= 0.3 is 5.88 Å². The zero-order chi connectivity index (χ0) is 12.1. The molecule has 6 nitrogen and oxygen atoms in total. The fourth-order valence-electron chi connectivity index (χ4n) is 1.05. The number of hydrogen-bond donors (Lipinski definition) is 0. The molecule has 0 saturated heterocycles. The van der Waals surface area contributed by atoms with Gasteiger partial charge in [-0.25, -0.2) is 9.98 Å².